The Hall–Kier alpha value is -5.15. The Morgan fingerprint density at radius 3 is 2.59 bits per heavy atom. The number of hydrogen-bond donors (Lipinski definition) is 3. The zero-order chi connectivity index (χ0) is 25.7. The number of anilines is 3. The van der Waals surface area contributed by atoms with Gasteiger partial charge in [-0.1, -0.05) is 36.4 Å². The zero-order valence-electron chi connectivity index (χ0n) is 19.8. The lowest BCUT2D eigenvalue weighted by molar-refractivity contribution is 0.613. The van der Waals surface area contributed by atoms with Gasteiger partial charge >= 0.3 is 5.69 Å². The molecule has 6 rings (SSSR count). The minimum absolute atomic E-state index is 0.0488. The molecule has 0 saturated heterocycles. The molecule has 0 unspecified atom stereocenters. The molecule has 182 valence electrons. The molecule has 37 heavy (non-hydrogen) atoms. The summed E-state index contributed by atoms with van der Waals surface area (Å²) in [7, 11) is 0. The highest BCUT2D eigenvalue weighted by Gasteiger charge is 2.24. The van der Waals surface area contributed by atoms with Crippen molar-refractivity contribution in [2.75, 3.05) is 10.7 Å². The Kier molecular flexibility index (Phi) is 5.13. The first-order chi connectivity index (χ1) is 17.9. The zero-order valence-corrected chi connectivity index (χ0v) is 19.8. The Balaban J connectivity index is 1.70. The number of furan rings is 1. The van der Waals surface area contributed by atoms with Gasteiger partial charge in [0.2, 0.25) is 0 Å². The van der Waals surface area contributed by atoms with Gasteiger partial charge in [0, 0.05) is 27.9 Å². The van der Waals surface area contributed by atoms with Crippen molar-refractivity contribution in [2.24, 2.45) is 5.84 Å². The Labute approximate surface area is 210 Å². The molecule has 3 aromatic carbocycles. The summed E-state index contributed by atoms with van der Waals surface area (Å²) in [4.78, 5) is 34.9. The first kappa shape index (κ1) is 22.3. The van der Waals surface area contributed by atoms with Gasteiger partial charge < -0.3 is 15.1 Å². The van der Waals surface area contributed by atoms with E-state index in [1.165, 1.54) is 11.2 Å². The van der Waals surface area contributed by atoms with E-state index in [-0.39, 0.29) is 11.4 Å². The molecule has 9 heteroatoms. The van der Waals surface area contributed by atoms with Gasteiger partial charge in [0.05, 0.1) is 35.2 Å². The van der Waals surface area contributed by atoms with Gasteiger partial charge in [0.15, 0.2) is 0 Å². The van der Waals surface area contributed by atoms with Crippen LogP contribution in [0.15, 0.2) is 99.4 Å². The number of aromatic nitrogens is 3. The van der Waals surface area contributed by atoms with Gasteiger partial charge in [-0.25, -0.2) is 15.2 Å². The van der Waals surface area contributed by atoms with Crippen LogP contribution < -0.4 is 27.8 Å². The van der Waals surface area contributed by atoms with Gasteiger partial charge in [-0.05, 0) is 42.8 Å². The summed E-state index contributed by atoms with van der Waals surface area (Å²) in [6.07, 6.45) is 4.76. The lowest BCUT2D eigenvalue weighted by Gasteiger charge is -2.23. The smallest absolute Gasteiger partial charge is 0.333 e. The van der Waals surface area contributed by atoms with Crippen LogP contribution in [0.2, 0.25) is 0 Å². The predicted octanol–water partition coefficient (Wildman–Crippen LogP) is 4.39. The number of benzene rings is 3. The highest BCUT2D eigenvalue weighted by Crippen LogP contribution is 2.34. The average molecular weight is 491 g/mol. The molecule has 0 aliphatic rings. The van der Waals surface area contributed by atoms with Gasteiger partial charge in [-0.2, -0.15) is 0 Å². The number of H-pyrrole nitrogens is 1. The lowest BCUT2D eigenvalue weighted by Crippen LogP contribution is -2.41. The van der Waals surface area contributed by atoms with E-state index >= 15 is 0 Å². The van der Waals surface area contributed by atoms with Crippen LogP contribution in [-0.2, 0) is 0 Å². The first-order valence-electron chi connectivity index (χ1n) is 11.5. The maximum atomic E-state index is 14.2. The minimum atomic E-state index is -0.624. The maximum Gasteiger partial charge on any atom is 0.333 e. The van der Waals surface area contributed by atoms with Gasteiger partial charge in [0.25, 0.3) is 5.56 Å². The van der Waals surface area contributed by atoms with E-state index in [9.17, 15) is 9.59 Å². The summed E-state index contributed by atoms with van der Waals surface area (Å²) < 4.78 is 6.62. The minimum Gasteiger partial charge on any atom is -0.464 e. The second kappa shape index (κ2) is 8.51. The molecular weight excluding hydrogens is 468 g/mol. The number of hydrazine groups is 1. The molecule has 0 amide bonds. The summed E-state index contributed by atoms with van der Waals surface area (Å²) in [5.41, 5.74) is 8.57. The monoisotopic (exact) mass is 490 g/mol. The fourth-order valence-corrected chi connectivity index (χ4v) is 4.69. The normalized spacial score (nSPS) is 11.3. The van der Waals surface area contributed by atoms with Crippen LogP contribution in [0, 0.1) is 6.92 Å². The molecule has 0 atom stereocenters. The molecule has 3 aromatic heterocycles. The third kappa shape index (κ3) is 3.57. The fourth-order valence-electron chi connectivity index (χ4n) is 4.69. The number of nitrogens with zero attached hydrogens (tertiary/aromatic N) is 3. The van der Waals surface area contributed by atoms with Gasteiger partial charge in [0.1, 0.15) is 11.3 Å². The van der Waals surface area contributed by atoms with Crippen LogP contribution in [0.5, 0.6) is 0 Å². The Bertz CT molecular complexity index is 1930. The summed E-state index contributed by atoms with van der Waals surface area (Å²) in [5.74, 6) is 6.58. The van der Waals surface area contributed by atoms with Crippen molar-refractivity contribution in [3.8, 4) is 16.9 Å². The summed E-state index contributed by atoms with van der Waals surface area (Å²) >= 11 is 0. The molecule has 6 aromatic rings. The number of aryl methyl sites for hydroxylation is 1. The van der Waals surface area contributed by atoms with Crippen LogP contribution in [0.4, 0.5) is 17.1 Å². The Morgan fingerprint density at radius 1 is 0.973 bits per heavy atom. The van der Waals surface area contributed by atoms with E-state index in [1.54, 1.807) is 36.7 Å². The van der Waals surface area contributed by atoms with Crippen LogP contribution >= 0.6 is 0 Å². The number of aromatic amines is 1. The highest BCUT2D eigenvalue weighted by atomic mass is 16.3. The van der Waals surface area contributed by atoms with Gasteiger partial charge in [-0.15, -0.1) is 0 Å². The molecule has 0 radical (unpaired) electrons. The third-order valence-corrected chi connectivity index (χ3v) is 6.43. The van der Waals surface area contributed by atoms with Crippen LogP contribution in [0.1, 0.15) is 5.56 Å². The largest absolute Gasteiger partial charge is 0.464 e. The van der Waals surface area contributed by atoms with E-state index in [0.717, 1.165) is 26.5 Å². The molecule has 0 aliphatic carbocycles. The molecular formula is C28H22N6O3. The van der Waals surface area contributed by atoms with E-state index < -0.39 is 11.2 Å². The molecule has 0 fully saturated rings. The topological polar surface area (TPSA) is 136 Å². The second-order valence-corrected chi connectivity index (χ2v) is 8.73. The molecule has 0 bridgehead atoms. The molecule has 0 saturated carbocycles. The number of fused-ring (bicyclic) bond motifs is 2. The molecule has 0 aliphatic heterocycles. The molecule has 0 spiro atoms. The predicted molar refractivity (Wildman–Crippen MR) is 145 cm³/mol. The molecule has 9 nitrogen and oxygen atoms in total. The van der Waals surface area contributed by atoms with Crippen LogP contribution in [0.3, 0.4) is 0 Å². The van der Waals surface area contributed by atoms with E-state index in [4.69, 9.17) is 16.0 Å². The van der Waals surface area contributed by atoms with Crippen molar-refractivity contribution >= 4 is 38.8 Å². The lowest BCUT2D eigenvalue weighted by atomic mass is 10.0. The van der Waals surface area contributed by atoms with E-state index in [0.29, 0.717) is 28.0 Å². The highest BCUT2D eigenvalue weighted by molar-refractivity contribution is 5.91. The van der Waals surface area contributed by atoms with Crippen molar-refractivity contribution < 1.29 is 4.42 Å². The fraction of sp³-hybridized carbons (Fsp3) is 0.0357. The van der Waals surface area contributed by atoms with Crippen LogP contribution in [-0.4, -0.2) is 14.5 Å². The number of nitrogens with one attached hydrogen (secondary N) is 1. The van der Waals surface area contributed by atoms with E-state index in [2.05, 4.69) is 9.97 Å². The summed E-state index contributed by atoms with van der Waals surface area (Å²) in [6.45, 7) is 1.89. The first-order valence-corrected chi connectivity index (χ1v) is 11.5. The number of nitrogens with two attached hydrogens (primary N) is 2. The summed E-state index contributed by atoms with van der Waals surface area (Å²) in [6, 6.07) is 19.8. The molecule has 5 N–H and O–H groups in total. The average Bonchev–Trinajstić information content (AvgIpc) is 3.38. The van der Waals surface area contributed by atoms with E-state index in [1.807, 2.05) is 49.4 Å². The SMILES string of the molecule is Cc1cc(-c2[nH]c(=O)n(-c3cncc4ccccc34)c(=O)c2N(N)c2ccccc2N)cc2ccoc12. The number of nitrogen functional groups attached to an aromatic ring is 1. The second-order valence-electron chi connectivity index (χ2n) is 8.73. The standard InChI is InChI=1S/C28H22N6O3/c1-16-12-19(13-17-10-11-37-26(16)17)24-25(34(30)22-9-5-4-8-21(22)29)27(35)33(28(36)32-24)23-15-31-14-18-6-2-3-7-20(18)23/h2-15H,29-30H2,1H3,(H,32,36). The van der Waals surface area contributed by atoms with Gasteiger partial charge in [-0.3, -0.25) is 14.8 Å². The Morgan fingerprint density at radius 2 is 1.76 bits per heavy atom. The summed E-state index contributed by atoms with van der Waals surface area (Å²) in [5, 5.41) is 3.52. The molecule has 3 heterocycles. The number of rotatable bonds is 4. The number of pyridine rings is 1. The number of hydrogen-bond acceptors (Lipinski definition) is 7. The van der Waals surface area contributed by atoms with Crippen molar-refractivity contribution in [1.29, 1.82) is 0 Å². The number of para-hydroxylation sites is 2. The quantitative estimate of drug-likeness (QED) is 0.189. The third-order valence-electron chi connectivity index (χ3n) is 6.43. The van der Waals surface area contributed by atoms with Crippen molar-refractivity contribution in [3.63, 3.8) is 0 Å². The van der Waals surface area contributed by atoms with Crippen molar-refractivity contribution in [3.05, 3.63) is 112 Å². The maximum absolute atomic E-state index is 14.2. The van der Waals surface area contributed by atoms with Crippen LogP contribution in [0.25, 0.3) is 38.7 Å². The van der Waals surface area contributed by atoms with Crippen molar-refractivity contribution in [1.82, 2.24) is 14.5 Å². The van der Waals surface area contributed by atoms with Crippen molar-refractivity contribution in [2.45, 2.75) is 6.92 Å².